The van der Waals surface area contributed by atoms with Crippen molar-refractivity contribution >= 4 is 40.5 Å². The predicted octanol–water partition coefficient (Wildman–Crippen LogP) is 6.03. The van der Waals surface area contributed by atoms with Crippen LogP contribution in [0.1, 0.15) is 16.7 Å². The summed E-state index contributed by atoms with van der Waals surface area (Å²) in [5.41, 5.74) is 2.80. The normalized spacial score (nSPS) is 15.5. The topological polar surface area (TPSA) is 51.1 Å². The molecule has 0 aromatic heterocycles. The predicted molar refractivity (Wildman–Crippen MR) is 142 cm³/mol. The maximum Gasteiger partial charge on any atom is 0.267 e. The fourth-order valence-electron chi connectivity index (χ4n) is 3.50. The monoisotopic (exact) mass is 502 g/mol. The van der Waals surface area contributed by atoms with Crippen molar-refractivity contribution in [1.29, 1.82) is 0 Å². The number of halogens is 1. The zero-order valence-electron chi connectivity index (χ0n) is 19.1. The molecule has 7 heteroatoms. The molecule has 0 spiro atoms. The van der Waals surface area contributed by atoms with Gasteiger partial charge in [0.1, 0.15) is 6.61 Å². The van der Waals surface area contributed by atoms with E-state index in [0.29, 0.717) is 45.2 Å². The van der Waals surface area contributed by atoms with E-state index in [1.54, 1.807) is 23.1 Å². The van der Waals surface area contributed by atoms with Gasteiger partial charge in [0.25, 0.3) is 5.91 Å². The number of aliphatic imine (C=N–C) groups is 1. The number of nitrogens with zero attached hydrogens (tertiary/aromatic N) is 2. The largest absolute Gasteiger partial charge is 0.493 e. The number of carbonyl (C=O) groups is 1. The number of amidine groups is 1. The van der Waals surface area contributed by atoms with Gasteiger partial charge in [-0.1, -0.05) is 78.2 Å². The third-order valence-corrected chi connectivity index (χ3v) is 6.49. The van der Waals surface area contributed by atoms with Gasteiger partial charge in [-0.2, -0.15) is 0 Å². The van der Waals surface area contributed by atoms with Crippen LogP contribution in [0.5, 0.6) is 11.5 Å². The number of terminal acetylenes is 1. The Hall–Kier alpha value is -3.66. The maximum atomic E-state index is 13.4. The number of hydrogen-bond acceptors (Lipinski definition) is 5. The van der Waals surface area contributed by atoms with E-state index in [1.807, 2.05) is 60.7 Å². The molecule has 3 aromatic carbocycles. The van der Waals surface area contributed by atoms with Gasteiger partial charge in [0.05, 0.1) is 30.1 Å². The molecule has 1 heterocycles. The molecule has 176 valence electrons. The second kappa shape index (κ2) is 11.7. The summed E-state index contributed by atoms with van der Waals surface area (Å²) in [7, 11) is 1.52. The third kappa shape index (κ3) is 6.07. The van der Waals surface area contributed by atoms with Gasteiger partial charge in [0.2, 0.25) is 0 Å². The fourth-order valence-corrected chi connectivity index (χ4v) is 4.75. The first-order valence-electron chi connectivity index (χ1n) is 10.9. The third-order valence-electron chi connectivity index (χ3n) is 5.16. The van der Waals surface area contributed by atoms with E-state index < -0.39 is 0 Å². The smallest absolute Gasteiger partial charge is 0.267 e. The van der Waals surface area contributed by atoms with Crippen LogP contribution in [0.4, 0.5) is 0 Å². The Labute approximate surface area is 214 Å². The zero-order chi connectivity index (χ0) is 24.6. The Kier molecular flexibility index (Phi) is 8.15. The van der Waals surface area contributed by atoms with Gasteiger partial charge in [0, 0.05) is 0 Å². The summed E-state index contributed by atoms with van der Waals surface area (Å²) in [5, 5.41) is 1.00. The average molecular weight is 503 g/mol. The minimum absolute atomic E-state index is 0.0700. The molecule has 3 aromatic rings. The number of thioether (sulfide) groups is 1. The molecule has 0 radical (unpaired) electrons. The number of methoxy groups -OCH3 is 1. The minimum Gasteiger partial charge on any atom is -0.493 e. The number of benzene rings is 3. The quantitative estimate of drug-likeness (QED) is 0.278. The van der Waals surface area contributed by atoms with Crippen molar-refractivity contribution in [3.05, 3.63) is 99.4 Å². The van der Waals surface area contributed by atoms with E-state index in [9.17, 15) is 4.79 Å². The Bertz CT molecular complexity index is 1300. The standard InChI is InChI=1S/C28H23ClN2O3S/c1-3-14-34-26-23(29)15-22(16-24(26)33-2)17-25-27(32)31(19-21-12-8-5-9-13-21)28(35-25)30-18-20-10-6-4-7-11-20/h1,4-13,15-17H,14,18-19H2,2H3/b25-17+,30-28?. The highest BCUT2D eigenvalue weighted by Crippen LogP contribution is 2.39. The first-order valence-corrected chi connectivity index (χ1v) is 12.1. The molecular weight excluding hydrogens is 480 g/mol. The minimum atomic E-state index is -0.117. The van der Waals surface area contributed by atoms with Crippen molar-refractivity contribution in [2.24, 2.45) is 4.99 Å². The lowest BCUT2D eigenvalue weighted by molar-refractivity contribution is -0.122. The van der Waals surface area contributed by atoms with E-state index in [0.717, 1.165) is 11.1 Å². The molecule has 0 aliphatic carbocycles. The molecule has 0 atom stereocenters. The van der Waals surface area contributed by atoms with Crippen molar-refractivity contribution in [3.63, 3.8) is 0 Å². The molecule has 4 rings (SSSR count). The second-order valence-electron chi connectivity index (χ2n) is 7.60. The number of carbonyl (C=O) groups excluding carboxylic acids is 1. The van der Waals surface area contributed by atoms with E-state index in [2.05, 4.69) is 5.92 Å². The van der Waals surface area contributed by atoms with Crippen LogP contribution < -0.4 is 9.47 Å². The molecule has 0 unspecified atom stereocenters. The zero-order valence-corrected chi connectivity index (χ0v) is 20.7. The number of ether oxygens (including phenoxy) is 2. The molecular formula is C28H23ClN2O3S. The van der Waals surface area contributed by atoms with Crippen molar-refractivity contribution in [2.45, 2.75) is 13.1 Å². The Balaban J connectivity index is 1.65. The van der Waals surface area contributed by atoms with Crippen molar-refractivity contribution in [1.82, 2.24) is 4.90 Å². The van der Waals surface area contributed by atoms with Gasteiger partial charge in [-0.25, -0.2) is 0 Å². The summed E-state index contributed by atoms with van der Waals surface area (Å²) < 4.78 is 10.9. The molecule has 1 amide bonds. The summed E-state index contributed by atoms with van der Waals surface area (Å²) in [6.07, 6.45) is 7.08. The first-order chi connectivity index (χ1) is 17.1. The molecule has 1 aliphatic rings. The fraction of sp³-hybridized carbons (Fsp3) is 0.143. The molecule has 0 bridgehead atoms. The number of amides is 1. The molecule has 1 fully saturated rings. The maximum absolute atomic E-state index is 13.4. The summed E-state index contributed by atoms with van der Waals surface area (Å²) in [6, 6.07) is 23.3. The Morgan fingerprint density at radius 3 is 2.43 bits per heavy atom. The summed E-state index contributed by atoms with van der Waals surface area (Å²) in [4.78, 5) is 20.4. The Morgan fingerprint density at radius 2 is 1.77 bits per heavy atom. The average Bonchev–Trinajstić information content (AvgIpc) is 3.17. The lowest BCUT2D eigenvalue weighted by atomic mass is 10.1. The van der Waals surface area contributed by atoms with E-state index in [1.165, 1.54) is 18.9 Å². The van der Waals surface area contributed by atoms with Crippen LogP contribution in [0.25, 0.3) is 6.08 Å². The lowest BCUT2D eigenvalue weighted by Crippen LogP contribution is -2.28. The van der Waals surface area contributed by atoms with Crippen LogP contribution >= 0.6 is 23.4 Å². The highest BCUT2D eigenvalue weighted by Gasteiger charge is 2.33. The van der Waals surface area contributed by atoms with Crippen LogP contribution in [0, 0.1) is 12.3 Å². The van der Waals surface area contributed by atoms with Crippen molar-refractivity contribution < 1.29 is 14.3 Å². The molecule has 5 nitrogen and oxygen atoms in total. The van der Waals surface area contributed by atoms with Crippen molar-refractivity contribution in [3.8, 4) is 23.8 Å². The van der Waals surface area contributed by atoms with Gasteiger partial charge < -0.3 is 9.47 Å². The van der Waals surface area contributed by atoms with Gasteiger partial charge in [-0.3, -0.25) is 14.7 Å². The SMILES string of the molecule is C#CCOc1c(Cl)cc(/C=C2/SC(=NCc3ccccc3)N(Cc3ccccc3)C2=O)cc1OC. The van der Waals surface area contributed by atoms with Crippen LogP contribution in [-0.4, -0.2) is 29.7 Å². The summed E-state index contributed by atoms with van der Waals surface area (Å²) >= 11 is 7.77. The molecule has 0 N–H and O–H groups in total. The highest BCUT2D eigenvalue weighted by molar-refractivity contribution is 8.18. The summed E-state index contributed by atoms with van der Waals surface area (Å²) in [5.74, 6) is 3.10. The van der Waals surface area contributed by atoms with Gasteiger partial charge >= 0.3 is 0 Å². The molecule has 35 heavy (non-hydrogen) atoms. The van der Waals surface area contributed by atoms with Gasteiger partial charge in [0.15, 0.2) is 16.7 Å². The first kappa shape index (κ1) is 24.5. The molecule has 1 saturated heterocycles. The van der Waals surface area contributed by atoms with E-state index in [4.69, 9.17) is 32.5 Å². The van der Waals surface area contributed by atoms with Crippen LogP contribution in [0.2, 0.25) is 5.02 Å². The second-order valence-corrected chi connectivity index (χ2v) is 9.02. The van der Waals surface area contributed by atoms with Crippen LogP contribution in [-0.2, 0) is 17.9 Å². The van der Waals surface area contributed by atoms with E-state index in [-0.39, 0.29) is 12.5 Å². The Morgan fingerprint density at radius 1 is 1.09 bits per heavy atom. The van der Waals surface area contributed by atoms with Gasteiger partial charge in [-0.05, 0) is 46.7 Å². The van der Waals surface area contributed by atoms with Crippen LogP contribution in [0.3, 0.4) is 0 Å². The molecule has 1 aliphatic heterocycles. The molecule has 0 saturated carbocycles. The number of hydrogen-bond donors (Lipinski definition) is 0. The van der Waals surface area contributed by atoms with Crippen LogP contribution in [0.15, 0.2) is 82.7 Å². The highest BCUT2D eigenvalue weighted by atomic mass is 35.5. The van der Waals surface area contributed by atoms with Crippen molar-refractivity contribution in [2.75, 3.05) is 13.7 Å². The lowest BCUT2D eigenvalue weighted by Gasteiger charge is -2.15. The number of rotatable bonds is 8. The van der Waals surface area contributed by atoms with Gasteiger partial charge in [-0.15, -0.1) is 6.42 Å². The van der Waals surface area contributed by atoms with E-state index >= 15 is 0 Å². The summed E-state index contributed by atoms with van der Waals surface area (Å²) in [6.45, 7) is 0.983.